The Bertz CT molecular complexity index is 345. The predicted molar refractivity (Wildman–Crippen MR) is 84.2 cm³/mol. The van der Waals surface area contributed by atoms with Gasteiger partial charge in [-0.1, -0.05) is 27.2 Å². The first-order valence-corrected chi connectivity index (χ1v) is 9.99. The lowest BCUT2D eigenvalue weighted by molar-refractivity contribution is 0.544. The first-order chi connectivity index (χ1) is 8.94. The highest BCUT2D eigenvalue weighted by molar-refractivity contribution is 8.00. The molecule has 2 N–H and O–H groups in total. The average molecular weight is 309 g/mol. The Morgan fingerprint density at radius 2 is 2.05 bits per heavy atom. The third-order valence-electron chi connectivity index (χ3n) is 3.31. The van der Waals surface area contributed by atoms with Gasteiger partial charge in [-0.2, -0.15) is 11.8 Å². The van der Waals surface area contributed by atoms with Crippen LogP contribution in [0.3, 0.4) is 0 Å². The summed E-state index contributed by atoms with van der Waals surface area (Å²) < 4.78 is 27.0. The van der Waals surface area contributed by atoms with Crippen molar-refractivity contribution in [3.8, 4) is 0 Å². The van der Waals surface area contributed by atoms with E-state index in [1.54, 1.807) is 0 Å². The van der Waals surface area contributed by atoms with E-state index >= 15 is 0 Å². The number of rotatable bonds is 9. The van der Waals surface area contributed by atoms with Crippen molar-refractivity contribution in [1.29, 1.82) is 0 Å². The monoisotopic (exact) mass is 308 g/mol. The van der Waals surface area contributed by atoms with E-state index in [9.17, 15) is 8.42 Å². The van der Waals surface area contributed by atoms with Crippen molar-refractivity contribution in [2.24, 2.45) is 0 Å². The van der Waals surface area contributed by atoms with Crippen molar-refractivity contribution in [2.45, 2.75) is 63.8 Å². The maximum Gasteiger partial charge on any atom is 0.211 e. The Morgan fingerprint density at radius 1 is 1.32 bits per heavy atom. The molecular weight excluding hydrogens is 280 g/mol. The summed E-state index contributed by atoms with van der Waals surface area (Å²) in [7, 11) is -3.12. The summed E-state index contributed by atoms with van der Waals surface area (Å²) >= 11 is 1.88. The van der Waals surface area contributed by atoms with Crippen LogP contribution in [0.2, 0.25) is 0 Å². The molecule has 1 rings (SSSR count). The zero-order valence-corrected chi connectivity index (χ0v) is 13.9. The number of nitrogens with one attached hydrogen (secondary N) is 2. The standard InChI is InChI=1S/C13H28N2O2S2/c1-4-18-13-8-5-7-12(13)15-19(16,17)10-6-9-14-11(2)3/h11-15H,4-10H2,1-3H3. The quantitative estimate of drug-likeness (QED) is 0.639. The Hall–Kier alpha value is 0.220. The molecule has 0 aromatic heterocycles. The van der Waals surface area contributed by atoms with Gasteiger partial charge in [-0.05, 0) is 31.6 Å². The van der Waals surface area contributed by atoms with Crippen LogP contribution >= 0.6 is 11.8 Å². The van der Waals surface area contributed by atoms with Crippen molar-refractivity contribution in [2.75, 3.05) is 18.1 Å². The Morgan fingerprint density at radius 3 is 2.68 bits per heavy atom. The molecule has 1 fully saturated rings. The lowest BCUT2D eigenvalue weighted by atomic mass is 10.3. The third-order valence-corrected chi connectivity index (χ3v) is 6.12. The molecule has 0 aromatic carbocycles. The van der Waals surface area contributed by atoms with Crippen molar-refractivity contribution in [3.63, 3.8) is 0 Å². The minimum absolute atomic E-state index is 0.146. The van der Waals surface area contributed by atoms with E-state index in [2.05, 4.69) is 30.8 Å². The fourth-order valence-corrected chi connectivity index (χ4v) is 5.09. The maximum absolute atomic E-state index is 12.0. The molecule has 1 aliphatic carbocycles. The topological polar surface area (TPSA) is 58.2 Å². The molecule has 0 radical (unpaired) electrons. The smallest absolute Gasteiger partial charge is 0.211 e. The van der Waals surface area contributed by atoms with Crippen molar-refractivity contribution >= 4 is 21.8 Å². The van der Waals surface area contributed by atoms with Gasteiger partial charge in [-0.25, -0.2) is 13.1 Å². The third kappa shape index (κ3) is 6.97. The molecular formula is C13H28N2O2S2. The first kappa shape index (κ1) is 17.3. The van der Waals surface area contributed by atoms with Gasteiger partial charge in [0.1, 0.15) is 0 Å². The summed E-state index contributed by atoms with van der Waals surface area (Å²) in [5.74, 6) is 1.29. The van der Waals surface area contributed by atoms with Gasteiger partial charge >= 0.3 is 0 Å². The van der Waals surface area contributed by atoms with Gasteiger partial charge in [0.15, 0.2) is 0 Å². The molecule has 2 atom stereocenters. The molecule has 0 aromatic rings. The fraction of sp³-hybridized carbons (Fsp3) is 1.00. The van der Waals surface area contributed by atoms with Gasteiger partial charge in [-0.15, -0.1) is 0 Å². The highest BCUT2D eigenvalue weighted by atomic mass is 32.2. The number of hydrogen-bond acceptors (Lipinski definition) is 4. The van der Waals surface area contributed by atoms with Gasteiger partial charge in [0.05, 0.1) is 5.75 Å². The summed E-state index contributed by atoms with van der Waals surface area (Å²) in [5.41, 5.74) is 0. The van der Waals surface area contributed by atoms with E-state index in [0.29, 0.717) is 17.7 Å². The van der Waals surface area contributed by atoms with E-state index < -0.39 is 10.0 Å². The number of thioether (sulfide) groups is 1. The van der Waals surface area contributed by atoms with Crippen molar-refractivity contribution in [1.82, 2.24) is 10.0 Å². The summed E-state index contributed by atoms with van der Waals surface area (Å²) in [6.45, 7) is 7.03. The van der Waals surface area contributed by atoms with Gasteiger partial charge in [0.2, 0.25) is 10.0 Å². The molecule has 0 aliphatic heterocycles. The Labute approximate surface area is 122 Å². The molecule has 0 bridgehead atoms. The number of sulfonamides is 1. The van der Waals surface area contributed by atoms with Crippen molar-refractivity contribution in [3.05, 3.63) is 0 Å². The summed E-state index contributed by atoms with van der Waals surface area (Å²) in [6.07, 6.45) is 3.94. The van der Waals surface area contributed by atoms with E-state index in [-0.39, 0.29) is 11.8 Å². The molecule has 19 heavy (non-hydrogen) atoms. The molecule has 0 amide bonds. The van der Waals surface area contributed by atoms with Gasteiger partial charge in [0, 0.05) is 17.3 Å². The van der Waals surface area contributed by atoms with E-state index in [1.807, 2.05) is 11.8 Å². The molecule has 114 valence electrons. The molecule has 4 nitrogen and oxygen atoms in total. The van der Waals surface area contributed by atoms with E-state index in [1.165, 1.54) is 0 Å². The molecule has 1 saturated carbocycles. The van der Waals surface area contributed by atoms with E-state index in [0.717, 1.165) is 31.6 Å². The molecule has 6 heteroatoms. The first-order valence-electron chi connectivity index (χ1n) is 7.29. The van der Waals surface area contributed by atoms with Crippen LogP contribution in [0.15, 0.2) is 0 Å². The zero-order chi connectivity index (χ0) is 14.3. The van der Waals surface area contributed by atoms with Crippen LogP contribution in [0, 0.1) is 0 Å². The maximum atomic E-state index is 12.0. The lowest BCUT2D eigenvalue weighted by Gasteiger charge is -2.20. The van der Waals surface area contributed by atoms with Crippen LogP contribution in [-0.4, -0.2) is 43.8 Å². The highest BCUT2D eigenvalue weighted by Crippen LogP contribution is 2.30. The minimum Gasteiger partial charge on any atom is -0.314 e. The second-order valence-electron chi connectivity index (χ2n) is 5.43. The van der Waals surface area contributed by atoms with Gasteiger partial charge < -0.3 is 5.32 Å². The summed E-state index contributed by atoms with van der Waals surface area (Å²) in [4.78, 5) is 0. The fourth-order valence-electron chi connectivity index (χ4n) is 2.42. The highest BCUT2D eigenvalue weighted by Gasteiger charge is 2.30. The summed E-state index contributed by atoms with van der Waals surface area (Å²) in [5, 5.41) is 3.71. The SMILES string of the molecule is CCSC1CCCC1NS(=O)(=O)CCCNC(C)C. The average Bonchev–Trinajstić information content (AvgIpc) is 2.72. The normalized spacial score (nSPS) is 24.2. The van der Waals surface area contributed by atoms with Crippen LogP contribution in [0.25, 0.3) is 0 Å². The summed E-state index contributed by atoms with van der Waals surface area (Å²) in [6, 6.07) is 0.559. The zero-order valence-electron chi connectivity index (χ0n) is 12.3. The lowest BCUT2D eigenvalue weighted by Crippen LogP contribution is -2.40. The molecule has 1 aliphatic rings. The molecule has 0 heterocycles. The van der Waals surface area contributed by atoms with Crippen LogP contribution < -0.4 is 10.0 Å². The van der Waals surface area contributed by atoms with Crippen LogP contribution in [0.1, 0.15) is 46.5 Å². The van der Waals surface area contributed by atoms with E-state index in [4.69, 9.17) is 0 Å². The predicted octanol–water partition coefficient (Wildman–Crippen LogP) is 1.97. The second kappa shape index (κ2) is 8.49. The largest absolute Gasteiger partial charge is 0.314 e. The van der Waals surface area contributed by atoms with Gasteiger partial charge in [0.25, 0.3) is 0 Å². The molecule has 0 saturated heterocycles. The van der Waals surface area contributed by atoms with Crippen molar-refractivity contribution < 1.29 is 8.42 Å². The Kier molecular flexibility index (Phi) is 7.72. The minimum atomic E-state index is -3.12. The van der Waals surface area contributed by atoms with Crippen LogP contribution in [0.5, 0.6) is 0 Å². The number of hydrogen-bond donors (Lipinski definition) is 2. The van der Waals surface area contributed by atoms with Crippen LogP contribution in [0.4, 0.5) is 0 Å². The molecule has 0 spiro atoms. The molecule has 2 unspecified atom stereocenters. The second-order valence-corrected chi connectivity index (χ2v) is 8.82. The van der Waals surface area contributed by atoms with Crippen LogP contribution in [-0.2, 0) is 10.0 Å². The Balaban J connectivity index is 2.33. The van der Waals surface area contributed by atoms with Gasteiger partial charge in [-0.3, -0.25) is 0 Å².